The number of guanidine groups is 1. The average Bonchev–Trinajstić information content (AvgIpc) is 2.86. The number of benzene rings is 2. The summed E-state index contributed by atoms with van der Waals surface area (Å²) in [5.41, 5.74) is 2.39. The minimum atomic E-state index is 0. The first-order valence-corrected chi connectivity index (χ1v) is 11.7. The fourth-order valence-electron chi connectivity index (χ4n) is 3.89. The standard InChI is InChI=1S/C26H37N3O3.HI/c1-3-31-17-8-16-27-26(28-19-21-12-14-24(30-2)15-13-21)29-20-23-11-7-18-32-25(23)22-9-5-4-6-10-22;/h4-6,9-10,12-15,23,25H,3,7-8,11,16-20H2,1-2H3,(H2,27,28,29);1H. The first-order valence-electron chi connectivity index (χ1n) is 11.7. The predicted octanol–water partition coefficient (Wildman–Crippen LogP) is 4.94. The SMILES string of the molecule is CCOCCCNC(=NCc1ccc(OC)cc1)NCC1CCCOC1c1ccccc1.I. The molecule has 0 saturated carbocycles. The summed E-state index contributed by atoms with van der Waals surface area (Å²) >= 11 is 0. The van der Waals surface area contributed by atoms with Crippen LogP contribution in [0.1, 0.15) is 43.4 Å². The number of ether oxygens (including phenoxy) is 3. The lowest BCUT2D eigenvalue weighted by Gasteiger charge is -2.32. The van der Waals surface area contributed by atoms with E-state index >= 15 is 0 Å². The van der Waals surface area contributed by atoms with Gasteiger partial charge in [0.1, 0.15) is 5.75 Å². The molecular formula is C26H38IN3O3. The van der Waals surface area contributed by atoms with E-state index in [1.807, 2.05) is 19.1 Å². The number of methoxy groups -OCH3 is 1. The highest BCUT2D eigenvalue weighted by Gasteiger charge is 2.27. The molecule has 0 radical (unpaired) electrons. The van der Waals surface area contributed by atoms with Gasteiger partial charge in [0.15, 0.2) is 5.96 Å². The number of nitrogens with one attached hydrogen (secondary N) is 2. The second kappa shape index (κ2) is 15.9. The highest BCUT2D eigenvalue weighted by Crippen LogP contribution is 2.33. The van der Waals surface area contributed by atoms with Crippen LogP contribution in [0.25, 0.3) is 0 Å². The number of hydrogen-bond acceptors (Lipinski definition) is 4. The van der Waals surface area contributed by atoms with Gasteiger partial charge in [-0.3, -0.25) is 0 Å². The van der Waals surface area contributed by atoms with Gasteiger partial charge in [-0.2, -0.15) is 0 Å². The maximum atomic E-state index is 6.16. The Bertz CT molecular complexity index is 802. The molecule has 0 spiro atoms. The van der Waals surface area contributed by atoms with E-state index < -0.39 is 0 Å². The molecule has 2 atom stereocenters. The molecule has 1 aliphatic rings. The van der Waals surface area contributed by atoms with Crippen molar-refractivity contribution in [1.29, 1.82) is 0 Å². The summed E-state index contributed by atoms with van der Waals surface area (Å²) in [6.45, 7) is 6.59. The quantitative estimate of drug-likeness (QED) is 0.174. The smallest absolute Gasteiger partial charge is 0.191 e. The molecule has 1 heterocycles. The van der Waals surface area contributed by atoms with Crippen molar-refractivity contribution in [3.05, 3.63) is 65.7 Å². The molecule has 2 aromatic rings. The summed E-state index contributed by atoms with van der Waals surface area (Å²) in [6, 6.07) is 18.6. The van der Waals surface area contributed by atoms with E-state index in [0.29, 0.717) is 12.5 Å². The third kappa shape index (κ3) is 9.51. The van der Waals surface area contributed by atoms with Crippen molar-refractivity contribution < 1.29 is 14.2 Å². The minimum Gasteiger partial charge on any atom is -0.497 e. The van der Waals surface area contributed by atoms with Crippen molar-refractivity contribution in [2.24, 2.45) is 10.9 Å². The van der Waals surface area contributed by atoms with E-state index in [4.69, 9.17) is 19.2 Å². The zero-order valence-electron chi connectivity index (χ0n) is 19.8. The Morgan fingerprint density at radius 1 is 1.09 bits per heavy atom. The van der Waals surface area contributed by atoms with Crippen LogP contribution in [0.5, 0.6) is 5.75 Å². The van der Waals surface area contributed by atoms with Crippen LogP contribution in [0.15, 0.2) is 59.6 Å². The van der Waals surface area contributed by atoms with E-state index in [1.165, 1.54) is 5.56 Å². The number of rotatable bonds is 11. The fraction of sp³-hybridized carbons (Fsp3) is 0.500. The first-order chi connectivity index (χ1) is 15.8. The Balaban J connectivity index is 0.00000385. The van der Waals surface area contributed by atoms with Crippen molar-refractivity contribution in [1.82, 2.24) is 10.6 Å². The van der Waals surface area contributed by atoms with Crippen LogP contribution in [0.2, 0.25) is 0 Å². The molecule has 3 rings (SSSR count). The van der Waals surface area contributed by atoms with Gasteiger partial charge < -0.3 is 24.8 Å². The van der Waals surface area contributed by atoms with Crippen LogP contribution in [-0.4, -0.2) is 46.0 Å². The van der Waals surface area contributed by atoms with Gasteiger partial charge >= 0.3 is 0 Å². The summed E-state index contributed by atoms with van der Waals surface area (Å²) in [5.74, 6) is 2.09. The number of halogens is 1. The third-order valence-electron chi connectivity index (χ3n) is 5.65. The monoisotopic (exact) mass is 567 g/mol. The normalized spacial score (nSPS) is 18.3. The topological polar surface area (TPSA) is 64.1 Å². The molecule has 0 aromatic heterocycles. The lowest BCUT2D eigenvalue weighted by molar-refractivity contribution is -0.0265. The summed E-state index contributed by atoms with van der Waals surface area (Å²) in [4.78, 5) is 4.82. The maximum Gasteiger partial charge on any atom is 0.191 e. The molecule has 7 heteroatoms. The van der Waals surface area contributed by atoms with Gasteiger partial charge in [0.05, 0.1) is 19.8 Å². The zero-order chi connectivity index (χ0) is 22.4. The predicted molar refractivity (Wildman–Crippen MR) is 145 cm³/mol. The molecule has 1 saturated heterocycles. The van der Waals surface area contributed by atoms with Gasteiger partial charge in [-0.15, -0.1) is 24.0 Å². The summed E-state index contributed by atoms with van der Waals surface area (Å²) in [6.07, 6.45) is 3.30. The van der Waals surface area contributed by atoms with Crippen molar-refractivity contribution >= 4 is 29.9 Å². The molecule has 1 fully saturated rings. The Hall–Kier alpha value is -1.84. The Kier molecular flexibility index (Phi) is 13.2. The molecule has 6 nitrogen and oxygen atoms in total. The van der Waals surface area contributed by atoms with Crippen molar-refractivity contribution in [2.75, 3.05) is 40.0 Å². The zero-order valence-corrected chi connectivity index (χ0v) is 22.1. The third-order valence-corrected chi connectivity index (χ3v) is 5.65. The van der Waals surface area contributed by atoms with Crippen LogP contribution >= 0.6 is 24.0 Å². The van der Waals surface area contributed by atoms with E-state index in [2.05, 4.69) is 53.1 Å². The molecule has 0 bridgehead atoms. The average molecular weight is 568 g/mol. The fourth-order valence-corrected chi connectivity index (χ4v) is 3.89. The van der Waals surface area contributed by atoms with Gasteiger partial charge in [-0.25, -0.2) is 4.99 Å². The van der Waals surface area contributed by atoms with Crippen LogP contribution in [0.3, 0.4) is 0 Å². The van der Waals surface area contributed by atoms with E-state index in [9.17, 15) is 0 Å². The molecule has 2 unspecified atom stereocenters. The van der Waals surface area contributed by atoms with Crippen molar-refractivity contribution in [3.63, 3.8) is 0 Å². The van der Waals surface area contributed by atoms with Gasteiger partial charge in [0, 0.05) is 38.8 Å². The largest absolute Gasteiger partial charge is 0.497 e. The molecule has 0 aliphatic carbocycles. The molecule has 33 heavy (non-hydrogen) atoms. The van der Waals surface area contributed by atoms with E-state index in [0.717, 1.165) is 69.4 Å². The molecule has 2 N–H and O–H groups in total. The lowest BCUT2D eigenvalue weighted by atomic mass is 9.89. The van der Waals surface area contributed by atoms with Gasteiger partial charge in [0.25, 0.3) is 0 Å². The van der Waals surface area contributed by atoms with Gasteiger partial charge in [-0.05, 0) is 49.4 Å². The number of nitrogens with zero attached hydrogens (tertiary/aromatic N) is 1. The molecule has 0 amide bonds. The Morgan fingerprint density at radius 3 is 2.61 bits per heavy atom. The van der Waals surface area contributed by atoms with E-state index in [1.54, 1.807) is 7.11 Å². The van der Waals surface area contributed by atoms with E-state index in [-0.39, 0.29) is 30.1 Å². The second-order valence-corrected chi connectivity index (χ2v) is 7.98. The van der Waals surface area contributed by atoms with Crippen molar-refractivity contribution in [3.8, 4) is 5.75 Å². The Labute approximate surface area is 215 Å². The van der Waals surface area contributed by atoms with Crippen LogP contribution in [-0.2, 0) is 16.0 Å². The summed E-state index contributed by atoms with van der Waals surface area (Å²) < 4.78 is 16.9. The second-order valence-electron chi connectivity index (χ2n) is 7.98. The number of hydrogen-bond donors (Lipinski definition) is 2. The highest BCUT2D eigenvalue weighted by molar-refractivity contribution is 14.0. The summed E-state index contributed by atoms with van der Waals surface area (Å²) in [5, 5.41) is 7.03. The molecule has 2 aromatic carbocycles. The lowest BCUT2D eigenvalue weighted by Crippen LogP contribution is -2.42. The van der Waals surface area contributed by atoms with Crippen LogP contribution in [0, 0.1) is 5.92 Å². The maximum absolute atomic E-state index is 6.16. The van der Waals surface area contributed by atoms with Gasteiger partial charge in [0.2, 0.25) is 0 Å². The van der Waals surface area contributed by atoms with Crippen molar-refractivity contribution in [2.45, 2.75) is 38.8 Å². The highest BCUT2D eigenvalue weighted by atomic mass is 127. The molecular weight excluding hydrogens is 529 g/mol. The number of aliphatic imine (C=N–C) groups is 1. The van der Waals surface area contributed by atoms with Crippen LogP contribution in [0.4, 0.5) is 0 Å². The Morgan fingerprint density at radius 2 is 1.88 bits per heavy atom. The van der Waals surface area contributed by atoms with Crippen LogP contribution < -0.4 is 15.4 Å². The first kappa shape index (κ1) is 27.4. The molecule has 182 valence electrons. The molecule has 1 aliphatic heterocycles. The van der Waals surface area contributed by atoms with Gasteiger partial charge in [-0.1, -0.05) is 42.5 Å². The summed E-state index contributed by atoms with van der Waals surface area (Å²) in [7, 11) is 1.68. The minimum absolute atomic E-state index is 0.